The van der Waals surface area contributed by atoms with Gasteiger partial charge in [-0.05, 0) is 24.3 Å². The number of halogens is 1. The van der Waals surface area contributed by atoms with Crippen LogP contribution >= 0.6 is 23.4 Å². The molecule has 3 rings (SSSR count). The van der Waals surface area contributed by atoms with E-state index in [1.165, 1.54) is 16.3 Å². The summed E-state index contributed by atoms with van der Waals surface area (Å²) in [7, 11) is 0. The Kier molecular flexibility index (Phi) is 3.77. The second-order valence-electron chi connectivity index (χ2n) is 4.29. The van der Waals surface area contributed by atoms with Gasteiger partial charge in [0, 0.05) is 4.90 Å². The van der Waals surface area contributed by atoms with Crippen molar-refractivity contribution in [3.63, 3.8) is 0 Å². The maximum atomic E-state index is 8.23. The lowest BCUT2D eigenvalue weighted by molar-refractivity contribution is 0.909. The highest BCUT2D eigenvalue weighted by Crippen LogP contribution is 2.30. The van der Waals surface area contributed by atoms with Crippen molar-refractivity contribution >= 4 is 40.7 Å². The fourth-order valence-corrected chi connectivity index (χ4v) is 3.10. The van der Waals surface area contributed by atoms with Crippen LogP contribution in [0.4, 0.5) is 0 Å². The van der Waals surface area contributed by atoms with Crippen LogP contribution in [0.15, 0.2) is 58.5 Å². The van der Waals surface area contributed by atoms with Gasteiger partial charge in [0.1, 0.15) is 5.03 Å². The zero-order valence-corrected chi connectivity index (χ0v) is 12.4. The Morgan fingerprint density at radius 1 is 1.10 bits per heavy atom. The number of benzene rings is 2. The summed E-state index contributed by atoms with van der Waals surface area (Å²) in [6.07, 6.45) is 1.13. The van der Waals surface area contributed by atoms with Crippen LogP contribution in [0.5, 0.6) is 0 Å². The smallest absolute Gasteiger partial charge is 0.164 e. The fourth-order valence-electron chi connectivity index (χ4n) is 1.99. The third kappa shape index (κ3) is 2.57. The predicted molar refractivity (Wildman–Crippen MR) is 85.3 cm³/mol. The lowest BCUT2D eigenvalue weighted by atomic mass is 10.3. The Labute approximate surface area is 130 Å². The van der Waals surface area contributed by atoms with Crippen molar-refractivity contribution in [3.05, 3.63) is 59.0 Å². The van der Waals surface area contributed by atoms with Gasteiger partial charge in [0.25, 0.3) is 0 Å². The summed E-state index contributed by atoms with van der Waals surface area (Å²) in [5.41, 5.74) is 1.65. The van der Waals surface area contributed by atoms with Crippen molar-refractivity contribution in [2.75, 3.05) is 0 Å². The summed E-state index contributed by atoms with van der Waals surface area (Å²) >= 11 is 7.49. The molecule has 1 heterocycles. The Bertz CT molecular complexity index is 888. The molecule has 0 aliphatic carbocycles. The summed E-state index contributed by atoms with van der Waals surface area (Å²) < 4.78 is 1.50. The second-order valence-corrected chi connectivity index (χ2v) is 5.72. The number of hydrogen-bond donors (Lipinski definition) is 2. The first kappa shape index (κ1) is 13.9. The van der Waals surface area contributed by atoms with Crippen LogP contribution in [0.3, 0.4) is 0 Å². The van der Waals surface area contributed by atoms with Crippen LogP contribution in [0, 0.1) is 10.8 Å². The van der Waals surface area contributed by atoms with Gasteiger partial charge < -0.3 is 0 Å². The van der Waals surface area contributed by atoms with E-state index in [0.29, 0.717) is 10.0 Å². The highest BCUT2D eigenvalue weighted by Gasteiger charge is 2.10. The monoisotopic (exact) mass is 314 g/mol. The molecule has 4 nitrogen and oxygen atoms in total. The SMILES string of the molecule is N=Cn1c(=N)c(Sc2ccccc2Cl)nc2ccccc21. The lowest BCUT2D eigenvalue weighted by Crippen LogP contribution is -2.23. The molecule has 21 heavy (non-hydrogen) atoms. The molecule has 0 saturated carbocycles. The number of hydrogen-bond acceptors (Lipinski definition) is 4. The van der Waals surface area contributed by atoms with E-state index in [1.54, 1.807) is 6.07 Å². The van der Waals surface area contributed by atoms with E-state index in [1.807, 2.05) is 42.5 Å². The van der Waals surface area contributed by atoms with Gasteiger partial charge in [0.05, 0.1) is 22.4 Å². The molecule has 0 unspecified atom stereocenters. The van der Waals surface area contributed by atoms with Gasteiger partial charge in [-0.25, -0.2) is 4.98 Å². The Morgan fingerprint density at radius 2 is 1.81 bits per heavy atom. The van der Waals surface area contributed by atoms with Gasteiger partial charge in [-0.15, -0.1) is 0 Å². The van der Waals surface area contributed by atoms with Gasteiger partial charge in [0.15, 0.2) is 5.49 Å². The van der Waals surface area contributed by atoms with E-state index in [4.69, 9.17) is 22.4 Å². The van der Waals surface area contributed by atoms with E-state index in [-0.39, 0.29) is 5.49 Å². The lowest BCUT2D eigenvalue weighted by Gasteiger charge is -2.09. The average Bonchev–Trinajstić information content (AvgIpc) is 2.50. The van der Waals surface area contributed by atoms with Crippen molar-refractivity contribution in [1.29, 1.82) is 10.8 Å². The minimum absolute atomic E-state index is 0.175. The standard InChI is InChI=1S/C15H11ClN4S/c16-10-5-1-4-8-13(10)21-15-14(18)20(9-17)12-7-3-2-6-11(12)19-15/h1-9,17-18H. The molecule has 0 aliphatic heterocycles. The summed E-state index contributed by atoms with van der Waals surface area (Å²) in [6.45, 7) is 0. The molecule has 2 aromatic carbocycles. The molecule has 0 atom stereocenters. The molecule has 0 amide bonds. The molecule has 6 heteroatoms. The molecule has 2 N–H and O–H groups in total. The number of aromatic nitrogens is 2. The summed E-state index contributed by atoms with van der Waals surface area (Å²) in [5, 5.41) is 16.9. The first-order valence-electron chi connectivity index (χ1n) is 6.19. The molecule has 0 spiro atoms. The third-order valence-corrected chi connectivity index (χ3v) is 4.47. The van der Waals surface area contributed by atoms with Crippen LogP contribution < -0.4 is 5.49 Å². The van der Waals surface area contributed by atoms with Crippen molar-refractivity contribution < 1.29 is 0 Å². The minimum Gasteiger partial charge on any atom is -0.291 e. The molecule has 0 fully saturated rings. The average molecular weight is 315 g/mol. The number of nitrogens with one attached hydrogen (secondary N) is 2. The molecule has 3 aromatic rings. The molecule has 0 radical (unpaired) electrons. The predicted octanol–water partition coefficient (Wildman–Crippen LogP) is 3.78. The highest BCUT2D eigenvalue weighted by atomic mass is 35.5. The Balaban J connectivity index is 2.20. The summed E-state index contributed by atoms with van der Waals surface area (Å²) in [6, 6.07) is 14.9. The number of nitrogens with zero attached hydrogens (tertiary/aromatic N) is 2. The van der Waals surface area contributed by atoms with Gasteiger partial charge in [-0.2, -0.15) is 0 Å². The Hall–Kier alpha value is -2.11. The highest BCUT2D eigenvalue weighted by molar-refractivity contribution is 7.99. The van der Waals surface area contributed by atoms with Crippen LogP contribution in [0.1, 0.15) is 0 Å². The van der Waals surface area contributed by atoms with E-state index >= 15 is 0 Å². The summed E-state index contributed by atoms with van der Waals surface area (Å²) in [4.78, 5) is 5.35. The topological polar surface area (TPSA) is 65.5 Å². The fraction of sp³-hybridized carbons (Fsp3) is 0. The quantitative estimate of drug-likeness (QED) is 0.571. The largest absolute Gasteiger partial charge is 0.291 e. The van der Waals surface area contributed by atoms with E-state index < -0.39 is 0 Å². The molecule has 0 bridgehead atoms. The zero-order chi connectivity index (χ0) is 14.8. The van der Waals surface area contributed by atoms with Crippen LogP contribution in [-0.4, -0.2) is 15.9 Å². The molecule has 0 aliphatic rings. The first-order chi connectivity index (χ1) is 10.2. The van der Waals surface area contributed by atoms with Gasteiger partial charge >= 0.3 is 0 Å². The van der Waals surface area contributed by atoms with Crippen molar-refractivity contribution in [2.24, 2.45) is 0 Å². The van der Waals surface area contributed by atoms with Gasteiger partial charge in [-0.1, -0.05) is 47.6 Å². The molecule has 104 valence electrons. The minimum atomic E-state index is 0.175. The van der Waals surface area contributed by atoms with Crippen LogP contribution in [0.25, 0.3) is 11.0 Å². The molecular weight excluding hydrogens is 304 g/mol. The maximum Gasteiger partial charge on any atom is 0.164 e. The van der Waals surface area contributed by atoms with Crippen LogP contribution in [0.2, 0.25) is 5.02 Å². The molecular formula is C15H11ClN4S. The normalized spacial score (nSPS) is 10.7. The Morgan fingerprint density at radius 3 is 2.57 bits per heavy atom. The molecule has 1 aromatic heterocycles. The van der Waals surface area contributed by atoms with E-state index in [9.17, 15) is 0 Å². The zero-order valence-electron chi connectivity index (χ0n) is 10.9. The summed E-state index contributed by atoms with van der Waals surface area (Å²) in [5.74, 6) is 0. The van der Waals surface area contributed by atoms with E-state index in [2.05, 4.69) is 4.98 Å². The van der Waals surface area contributed by atoms with Gasteiger partial charge in [-0.3, -0.25) is 15.4 Å². The van der Waals surface area contributed by atoms with Crippen molar-refractivity contribution in [2.45, 2.75) is 9.92 Å². The number of rotatable bonds is 3. The van der Waals surface area contributed by atoms with Gasteiger partial charge in [0.2, 0.25) is 0 Å². The van der Waals surface area contributed by atoms with Crippen molar-refractivity contribution in [3.8, 4) is 0 Å². The number of para-hydroxylation sites is 2. The third-order valence-electron chi connectivity index (χ3n) is 2.98. The second kappa shape index (κ2) is 5.71. The first-order valence-corrected chi connectivity index (χ1v) is 7.39. The molecule has 0 saturated heterocycles. The van der Waals surface area contributed by atoms with Crippen LogP contribution in [-0.2, 0) is 0 Å². The number of fused-ring (bicyclic) bond motifs is 1. The maximum absolute atomic E-state index is 8.23. The van der Waals surface area contributed by atoms with Crippen molar-refractivity contribution in [1.82, 2.24) is 9.55 Å². The van der Waals surface area contributed by atoms with E-state index in [0.717, 1.165) is 22.3 Å².